The van der Waals surface area contributed by atoms with Gasteiger partial charge in [-0.3, -0.25) is 9.78 Å². The number of anilines is 1. The van der Waals surface area contributed by atoms with E-state index in [-0.39, 0.29) is 11.7 Å². The van der Waals surface area contributed by atoms with Crippen molar-refractivity contribution in [2.75, 3.05) is 5.32 Å². The van der Waals surface area contributed by atoms with Gasteiger partial charge in [-0.25, -0.2) is 0 Å². The number of para-hydroxylation sites is 1. The monoisotopic (exact) mass is 278 g/mol. The summed E-state index contributed by atoms with van der Waals surface area (Å²) in [5.41, 5.74) is 2.51. The average molecular weight is 278 g/mol. The summed E-state index contributed by atoms with van der Waals surface area (Å²) in [5.74, 6) is -0.153. The molecule has 104 valence electrons. The van der Waals surface area contributed by atoms with Gasteiger partial charge in [-0.1, -0.05) is 24.3 Å². The summed E-state index contributed by atoms with van der Waals surface area (Å²) in [4.78, 5) is 16.6. The number of carbonyl (C=O) groups excluding carboxylic acids is 1. The van der Waals surface area contributed by atoms with E-state index in [0.29, 0.717) is 16.8 Å². The number of carbonyl (C=O) groups is 1. The van der Waals surface area contributed by atoms with Gasteiger partial charge in [-0.2, -0.15) is 0 Å². The van der Waals surface area contributed by atoms with Crippen LogP contribution < -0.4 is 5.32 Å². The number of pyridine rings is 1. The van der Waals surface area contributed by atoms with Crippen LogP contribution in [0.25, 0.3) is 10.9 Å². The second kappa shape index (κ2) is 5.25. The third-order valence-corrected chi connectivity index (χ3v) is 3.40. The number of fused-ring (bicyclic) bond motifs is 1. The van der Waals surface area contributed by atoms with Crippen molar-refractivity contribution in [1.82, 2.24) is 4.98 Å². The van der Waals surface area contributed by atoms with Crippen LogP contribution in [0.1, 0.15) is 15.9 Å². The Morgan fingerprint density at radius 3 is 2.81 bits per heavy atom. The van der Waals surface area contributed by atoms with Crippen LogP contribution in [-0.4, -0.2) is 16.0 Å². The number of phenols is 1. The van der Waals surface area contributed by atoms with Gasteiger partial charge < -0.3 is 10.4 Å². The van der Waals surface area contributed by atoms with Gasteiger partial charge in [0.1, 0.15) is 5.75 Å². The number of aromatic nitrogens is 1. The molecule has 0 aliphatic carbocycles. The Balaban J connectivity index is 1.91. The van der Waals surface area contributed by atoms with Gasteiger partial charge in [0.2, 0.25) is 0 Å². The predicted molar refractivity (Wildman–Crippen MR) is 82.5 cm³/mol. The first-order valence-corrected chi connectivity index (χ1v) is 6.60. The highest BCUT2D eigenvalue weighted by molar-refractivity contribution is 6.06. The van der Waals surface area contributed by atoms with Gasteiger partial charge in [0, 0.05) is 16.5 Å². The molecule has 1 amide bonds. The number of benzene rings is 2. The number of amides is 1. The maximum atomic E-state index is 12.3. The zero-order valence-corrected chi connectivity index (χ0v) is 11.5. The van der Waals surface area contributed by atoms with Crippen LogP contribution in [-0.2, 0) is 0 Å². The summed E-state index contributed by atoms with van der Waals surface area (Å²) >= 11 is 0. The van der Waals surface area contributed by atoms with E-state index in [2.05, 4.69) is 10.3 Å². The molecule has 0 unspecified atom stereocenters. The zero-order chi connectivity index (χ0) is 14.8. The Morgan fingerprint density at radius 2 is 1.95 bits per heavy atom. The lowest BCUT2D eigenvalue weighted by Gasteiger charge is -2.09. The number of nitrogens with zero attached hydrogens (tertiary/aromatic N) is 1. The maximum Gasteiger partial charge on any atom is 0.256 e. The minimum Gasteiger partial charge on any atom is -0.508 e. The second-order valence-electron chi connectivity index (χ2n) is 4.82. The van der Waals surface area contributed by atoms with Crippen LogP contribution in [0.4, 0.5) is 5.69 Å². The van der Waals surface area contributed by atoms with Gasteiger partial charge in [0.25, 0.3) is 5.91 Å². The fourth-order valence-corrected chi connectivity index (χ4v) is 2.21. The Kier molecular flexibility index (Phi) is 3.28. The Bertz CT molecular complexity index is 828. The third-order valence-electron chi connectivity index (χ3n) is 3.40. The van der Waals surface area contributed by atoms with Crippen molar-refractivity contribution >= 4 is 22.5 Å². The van der Waals surface area contributed by atoms with E-state index in [9.17, 15) is 9.90 Å². The Hall–Kier alpha value is -2.88. The van der Waals surface area contributed by atoms with Crippen LogP contribution in [0.5, 0.6) is 5.75 Å². The van der Waals surface area contributed by atoms with Gasteiger partial charge in [0.05, 0.1) is 17.4 Å². The van der Waals surface area contributed by atoms with Gasteiger partial charge in [-0.05, 0) is 31.2 Å². The predicted octanol–water partition coefficient (Wildman–Crippen LogP) is 3.50. The number of hydrogen-bond acceptors (Lipinski definition) is 3. The van der Waals surface area contributed by atoms with Crippen LogP contribution in [0.2, 0.25) is 0 Å². The normalized spacial score (nSPS) is 10.5. The Morgan fingerprint density at radius 1 is 1.14 bits per heavy atom. The lowest BCUT2D eigenvalue weighted by Crippen LogP contribution is -2.13. The van der Waals surface area contributed by atoms with Crippen molar-refractivity contribution < 1.29 is 9.90 Å². The fourth-order valence-electron chi connectivity index (χ4n) is 2.21. The van der Waals surface area contributed by atoms with Crippen molar-refractivity contribution in [2.24, 2.45) is 0 Å². The summed E-state index contributed by atoms with van der Waals surface area (Å²) in [6.07, 6.45) is 1.62. The van der Waals surface area contributed by atoms with Crippen molar-refractivity contribution in [2.45, 2.75) is 6.92 Å². The molecule has 1 aromatic heterocycles. The van der Waals surface area contributed by atoms with E-state index in [4.69, 9.17) is 0 Å². The molecule has 2 N–H and O–H groups in total. The summed E-state index contributed by atoms with van der Waals surface area (Å²) < 4.78 is 0. The third kappa shape index (κ3) is 2.56. The molecule has 4 nitrogen and oxygen atoms in total. The van der Waals surface area contributed by atoms with E-state index in [0.717, 1.165) is 10.9 Å². The molecule has 4 heteroatoms. The number of aromatic hydroxyl groups is 1. The molecule has 1 heterocycles. The molecule has 3 aromatic rings. The molecule has 0 saturated carbocycles. The molecule has 21 heavy (non-hydrogen) atoms. The SMILES string of the molecule is Cc1c(O)cccc1C(=O)Nc1cnc2ccccc2c1. The van der Waals surface area contributed by atoms with E-state index in [1.807, 2.05) is 30.3 Å². The topological polar surface area (TPSA) is 62.2 Å². The first kappa shape index (κ1) is 13.1. The molecule has 3 rings (SSSR count). The van der Waals surface area contributed by atoms with E-state index >= 15 is 0 Å². The van der Waals surface area contributed by atoms with Crippen molar-refractivity contribution in [3.05, 3.63) is 65.9 Å². The zero-order valence-electron chi connectivity index (χ0n) is 11.5. The van der Waals surface area contributed by atoms with Gasteiger partial charge in [-0.15, -0.1) is 0 Å². The highest BCUT2D eigenvalue weighted by Gasteiger charge is 2.11. The molecule has 0 spiro atoms. The van der Waals surface area contributed by atoms with E-state index in [1.54, 1.807) is 31.3 Å². The van der Waals surface area contributed by atoms with Crippen LogP contribution in [0.15, 0.2) is 54.7 Å². The molecule has 0 aliphatic rings. The highest BCUT2D eigenvalue weighted by atomic mass is 16.3. The van der Waals surface area contributed by atoms with Crippen LogP contribution >= 0.6 is 0 Å². The molecule has 0 bridgehead atoms. The first-order chi connectivity index (χ1) is 10.1. The molecule has 0 saturated heterocycles. The van der Waals surface area contributed by atoms with Crippen molar-refractivity contribution in [1.29, 1.82) is 0 Å². The summed E-state index contributed by atoms with van der Waals surface area (Å²) in [7, 11) is 0. The Labute approximate surface area is 122 Å². The minimum absolute atomic E-state index is 0.110. The molecular weight excluding hydrogens is 264 g/mol. The van der Waals surface area contributed by atoms with Crippen LogP contribution in [0.3, 0.4) is 0 Å². The molecule has 0 radical (unpaired) electrons. The molecule has 0 fully saturated rings. The summed E-state index contributed by atoms with van der Waals surface area (Å²) in [5, 5.41) is 13.4. The lowest BCUT2D eigenvalue weighted by atomic mass is 10.1. The fraction of sp³-hybridized carbons (Fsp3) is 0.0588. The van der Waals surface area contributed by atoms with Gasteiger partial charge >= 0.3 is 0 Å². The molecule has 2 aromatic carbocycles. The smallest absolute Gasteiger partial charge is 0.256 e. The second-order valence-corrected chi connectivity index (χ2v) is 4.82. The van der Waals surface area contributed by atoms with E-state index < -0.39 is 0 Å². The number of hydrogen-bond donors (Lipinski definition) is 2. The number of rotatable bonds is 2. The van der Waals surface area contributed by atoms with Crippen molar-refractivity contribution in [3.63, 3.8) is 0 Å². The summed E-state index contributed by atoms with van der Waals surface area (Å²) in [6.45, 7) is 1.71. The molecule has 0 atom stereocenters. The largest absolute Gasteiger partial charge is 0.508 e. The standard InChI is InChI=1S/C17H14N2O2/c1-11-14(6-4-8-16(11)20)17(21)19-13-9-12-5-2-3-7-15(12)18-10-13/h2-10,20H,1H3,(H,19,21). The number of phenolic OH excluding ortho intramolecular Hbond substituents is 1. The summed E-state index contributed by atoms with van der Waals surface area (Å²) in [6, 6.07) is 14.5. The first-order valence-electron chi connectivity index (χ1n) is 6.60. The van der Waals surface area contributed by atoms with E-state index in [1.165, 1.54) is 0 Å². The number of nitrogens with one attached hydrogen (secondary N) is 1. The van der Waals surface area contributed by atoms with Crippen LogP contribution in [0, 0.1) is 6.92 Å². The van der Waals surface area contributed by atoms with Crippen molar-refractivity contribution in [3.8, 4) is 5.75 Å². The minimum atomic E-state index is -0.263. The highest BCUT2D eigenvalue weighted by Crippen LogP contribution is 2.21. The quantitative estimate of drug-likeness (QED) is 0.754. The lowest BCUT2D eigenvalue weighted by molar-refractivity contribution is 0.102. The van der Waals surface area contributed by atoms with Gasteiger partial charge in [0.15, 0.2) is 0 Å². The average Bonchev–Trinajstić information content (AvgIpc) is 2.50. The maximum absolute atomic E-state index is 12.3. The molecule has 0 aliphatic heterocycles. The molecular formula is C17H14N2O2.